The topological polar surface area (TPSA) is 0 Å². The Hall–Kier alpha value is 0. The van der Waals surface area contributed by atoms with Gasteiger partial charge in [-0.2, -0.15) is 0 Å². The normalized spacial score (nSPS) is 49.2. The van der Waals surface area contributed by atoms with Gasteiger partial charge in [-0.05, 0) is 46.8 Å². The molecule has 0 bridgehead atoms. The molecule has 0 heterocycles. The molecule has 2 fully saturated rings. The van der Waals surface area contributed by atoms with E-state index in [1.807, 2.05) is 0 Å². The molecule has 0 N–H and O–H groups in total. The molecule has 5 unspecified atom stereocenters. The van der Waals surface area contributed by atoms with E-state index in [-0.39, 0.29) is 0 Å². The molecular weight excluding hydrogens is 180 g/mol. The Morgan fingerprint density at radius 1 is 1.07 bits per heavy atom. The van der Waals surface area contributed by atoms with Gasteiger partial charge in [0, 0.05) is 0 Å². The quantitative estimate of drug-likeness (QED) is 0.622. The molecule has 2 aliphatic carbocycles. The molecule has 0 heteroatoms. The maximum atomic E-state index is 2.54. The Labute approximate surface area is 95.8 Å². The average molecular weight is 208 g/mol. The summed E-state index contributed by atoms with van der Waals surface area (Å²) in [6.45, 7) is 17.3. The van der Waals surface area contributed by atoms with Crippen LogP contribution in [0.5, 0.6) is 0 Å². The Bertz CT molecular complexity index is 263. The number of rotatable bonds is 2. The van der Waals surface area contributed by atoms with Crippen molar-refractivity contribution in [3.63, 3.8) is 0 Å². The Morgan fingerprint density at radius 2 is 1.60 bits per heavy atom. The molecule has 5 atom stereocenters. The van der Waals surface area contributed by atoms with Crippen LogP contribution in [0.3, 0.4) is 0 Å². The third-order valence-corrected chi connectivity index (χ3v) is 6.67. The molecule has 0 aromatic heterocycles. The summed E-state index contributed by atoms with van der Waals surface area (Å²) in [5, 5.41) is 0. The first kappa shape index (κ1) is 11.5. The van der Waals surface area contributed by atoms with Gasteiger partial charge in [0.1, 0.15) is 0 Å². The lowest BCUT2D eigenvalue weighted by Crippen LogP contribution is -2.72. The molecular formula is C15H28. The maximum absolute atomic E-state index is 2.54. The van der Waals surface area contributed by atoms with Gasteiger partial charge in [0.05, 0.1) is 0 Å². The van der Waals surface area contributed by atoms with Gasteiger partial charge in [0.2, 0.25) is 0 Å². The van der Waals surface area contributed by atoms with E-state index in [9.17, 15) is 0 Å². The Balaban J connectivity index is 2.19. The van der Waals surface area contributed by atoms with E-state index in [2.05, 4.69) is 48.5 Å². The van der Waals surface area contributed by atoms with Crippen LogP contribution in [0.1, 0.15) is 54.9 Å². The Morgan fingerprint density at radius 3 is 1.93 bits per heavy atom. The summed E-state index contributed by atoms with van der Waals surface area (Å²) in [7, 11) is 0. The predicted octanol–water partition coefficient (Wildman–Crippen LogP) is 4.60. The zero-order valence-corrected chi connectivity index (χ0v) is 11.6. The molecule has 0 aromatic rings. The number of hydrogen-bond acceptors (Lipinski definition) is 0. The van der Waals surface area contributed by atoms with Crippen molar-refractivity contribution in [2.24, 2.45) is 40.4 Å². The molecule has 2 rings (SSSR count). The summed E-state index contributed by atoms with van der Waals surface area (Å²) in [6, 6.07) is 0. The van der Waals surface area contributed by atoms with Crippen molar-refractivity contribution < 1.29 is 0 Å². The van der Waals surface area contributed by atoms with Crippen molar-refractivity contribution in [2.75, 3.05) is 0 Å². The molecule has 0 spiro atoms. The summed E-state index contributed by atoms with van der Waals surface area (Å²) in [4.78, 5) is 0. The minimum Gasteiger partial charge on any atom is -0.0625 e. The SMILES string of the molecule is CC(C)C(C)C1C2CC(C)C2(C)C1(C)C. The van der Waals surface area contributed by atoms with E-state index in [0.29, 0.717) is 10.8 Å². The third-order valence-electron chi connectivity index (χ3n) is 6.67. The lowest BCUT2D eigenvalue weighted by atomic mass is 9.27. The second-order valence-electron chi connectivity index (χ2n) is 7.38. The second-order valence-corrected chi connectivity index (χ2v) is 7.38. The van der Waals surface area contributed by atoms with Gasteiger partial charge in [-0.3, -0.25) is 0 Å². The zero-order chi connectivity index (χ0) is 11.6. The standard InChI is InChI=1S/C15H28/c1-9(2)11(4)13-12-8-10(3)15(12,7)14(13,5)6/h9-13H,8H2,1-7H3. The summed E-state index contributed by atoms with van der Waals surface area (Å²) < 4.78 is 0. The lowest BCUT2D eigenvalue weighted by Gasteiger charge is -2.78. The Kier molecular flexibility index (Phi) is 2.31. The fourth-order valence-electron chi connectivity index (χ4n) is 4.91. The number of hydrogen-bond donors (Lipinski definition) is 0. The minimum atomic E-state index is 0.568. The maximum Gasteiger partial charge on any atom is -0.0215 e. The first-order valence-corrected chi connectivity index (χ1v) is 6.74. The summed E-state index contributed by atoms with van der Waals surface area (Å²) >= 11 is 0. The monoisotopic (exact) mass is 208 g/mol. The molecule has 0 amide bonds. The minimum absolute atomic E-state index is 0.568. The summed E-state index contributed by atoms with van der Waals surface area (Å²) in [6.07, 6.45) is 1.49. The van der Waals surface area contributed by atoms with E-state index in [1.165, 1.54) is 6.42 Å². The van der Waals surface area contributed by atoms with E-state index in [1.54, 1.807) is 0 Å². The van der Waals surface area contributed by atoms with Crippen LogP contribution in [0.25, 0.3) is 0 Å². The molecule has 15 heavy (non-hydrogen) atoms. The van der Waals surface area contributed by atoms with Crippen molar-refractivity contribution >= 4 is 0 Å². The predicted molar refractivity (Wildman–Crippen MR) is 66.7 cm³/mol. The molecule has 88 valence electrons. The van der Waals surface area contributed by atoms with Crippen LogP contribution in [0.4, 0.5) is 0 Å². The highest BCUT2D eigenvalue weighted by atomic mass is 14.8. The van der Waals surface area contributed by atoms with Crippen LogP contribution in [0, 0.1) is 40.4 Å². The highest BCUT2D eigenvalue weighted by Crippen LogP contribution is 2.78. The zero-order valence-electron chi connectivity index (χ0n) is 11.6. The van der Waals surface area contributed by atoms with Gasteiger partial charge >= 0.3 is 0 Å². The highest BCUT2D eigenvalue weighted by molar-refractivity contribution is 5.20. The van der Waals surface area contributed by atoms with Gasteiger partial charge < -0.3 is 0 Å². The molecule has 0 nitrogen and oxygen atoms in total. The van der Waals surface area contributed by atoms with Crippen molar-refractivity contribution in [1.82, 2.24) is 0 Å². The van der Waals surface area contributed by atoms with E-state index < -0.39 is 0 Å². The van der Waals surface area contributed by atoms with Crippen LogP contribution in [0.2, 0.25) is 0 Å². The van der Waals surface area contributed by atoms with Gasteiger partial charge in [0.15, 0.2) is 0 Å². The van der Waals surface area contributed by atoms with Crippen molar-refractivity contribution in [3.8, 4) is 0 Å². The third kappa shape index (κ3) is 1.09. The van der Waals surface area contributed by atoms with Crippen LogP contribution in [-0.4, -0.2) is 0 Å². The van der Waals surface area contributed by atoms with Crippen LogP contribution < -0.4 is 0 Å². The summed E-state index contributed by atoms with van der Waals surface area (Å²) in [5.74, 6) is 4.69. The van der Waals surface area contributed by atoms with E-state index in [0.717, 1.165) is 29.6 Å². The van der Waals surface area contributed by atoms with Gasteiger partial charge in [-0.1, -0.05) is 48.5 Å². The van der Waals surface area contributed by atoms with Crippen LogP contribution in [0.15, 0.2) is 0 Å². The van der Waals surface area contributed by atoms with Gasteiger partial charge in [0.25, 0.3) is 0 Å². The van der Waals surface area contributed by atoms with Crippen LogP contribution >= 0.6 is 0 Å². The average Bonchev–Trinajstić information content (AvgIpc) is 2.15. The molecule has 0 saturated heterocycles. The first-order valence-electron chi connectivity index (χ1n) is 6.74. The molecule has 2 aliphatic rings. The fourth-order valence-corrected chi connectivity index (χ4v) is 4.91. The van der Waals surface area contributed by atoms with E-state index in [4.69, 9.17) is 0 Å². The highest BCUT2D eigenvalue weighted by Gasteiger charge is 2.72. The van der Waals surface area contributed by atoms with Gasteiger partial charge in [-0.25, -0.2) is 0 Å². The molecule has 0 aromatic carbocycles. The smallest absolute Gasteiger partial charge is 0.0215 e. The fraction of sp³-hybridized carbons (Fsp3) is 1.00. The van der Waals surface area contributed by atoms with Crippen molar-refractivity contribution in [2.45, 2.75) is 54.9 Å². The molecule has 2 saturated carbocycles. The first-order chi connectivity index (χ1) is 6.74. The number of fused-ring (bicyclic) bond motifs is 1. The summed E-state index contributed by atoms with van der Waals surface area (Å²) in [5.41, 5.74) is 1.22. The van der Waals surface area contributed by atoms with E-state index >= 15 is 0 Å². The van der Waals surface area contributed by atoms with Crippen molar-refractivity contribution in [3.05, 3.63) is 0 Å². The largest absolute Gasteiger partial charge is 0.0625 e. The van der Waals surface area contributed by atoms with Gasteiger partial charge in [-0.15, -0.1) is 0 Å². The van der Waals surface area contributed by atoms with Crippen molar-refractivity contribution in [1.29, 1.82) is 0 Å². The van der Waals surface area contributed by atoms with Crippen LogP contribution in [-0.2, 0) is 0 Å². The second kappa shape index (κ2) is 3.02. The molecule has 0 aliphatic heterocycles. The lowest BCUT2D eigenvalue weighted by molar-refractivity contribution is -0.299. The molecule has 0 radical (unpaired) electrons.